The third-order valence-electron chi connectivity index (χ3n) is 2.52. The van der Waals surface area contributed by atoms with Crippen LogP contribution in [0.3, 0.4) is 0 Å². The van der Waals surface area contributed by atoms with Gasteiger partial charge in [-0.1, -0.05) is 17.7 Å². The van der Waals surface area contributed by atoms with E-state index < -0.39 is 0 Å². The molecule has 1 nitrogen and oxygen atoms in total. The van der Waals surface area contributed by atoms with E-state index in [0.29, 0.717) is 0 Å². The first-order valence-electron chi connectivity index (χ1n) is 4.75. The van der Waals surface area contributed by atoms with Gasteiger partial charge in [-0.3, -0.25) is 0 Å². The van der Waals surface area contributed by atoms with Gasteiger partial charge >= 0.3 is 0 Å². The van der Waals surface area contributed by atoms with Crippen molar-refractivity contribution >= 4 is 17.3 Å². The summed E-state index contributed by atoms with van der Waals surface area (Å²) in [6, 6.07) is 6.32. The molecule has 0 aromatic heterocycles. The van der Waals surface area contributed by atoms with Gasteiger partial charge in [0.1, 0.15) is 0 Å². The van der Waals surface area contributed by atoms with Gasteiger partial charge in [0.05, 0.1) is 4.87 Å². The second kappa shape index (κ2) is 3.03. The number of aryl methyl sites for hydroxylation is 1. The zero-order valence-electron chi connectivity index (χ0n) is 8.69. The molecule has 0 saturated heterocycles. The van der Waals surface area contributed by atoms with Crippen LogP contribution in [0.2, 0.25) is 0 Å². The molecule has 2 rings (SSSR count). The van der Waals surface area contributed by atoms with Crippen LogP contribution >= 0.6 is 11.6 Å². The van der Waals surface area contributed by atoms with Crippen LogP contribution < -0.4 is 5.32 Å². The van der Waals surface area contributed by atoms with Crippen molar-refractivity contribution in [3.05, 3.63) is 41.1 Å². The molecule has 74 valence electrons. The predicted molar refractivity (Wildman–Crippen MR) is 61.8 cm³/mol. The molecule has 2 heteroatoms. The Hall–Kier alpha value is -0.950. The molecule has 1 aromatic rings. The molecule has 14 heavy (non-hydrogen) atoms. The fourth-order valence-corrected chi connectivity index (χ4v) is 2.22. The quantitative estimate of drug-likeness (QED) is 0.639. The lowest BCUT2D eigenvalue weighted by Gasteiger charge is -2.29. The molecule has 0 aliphatic carbocycles. The Labute approximate surface area is 89.8 Å². The van der Waals surface area contributed by atoms with Crippen LogP contribution in [-0.4, -0.2) is 0 Å². The fraction of sp³-hybridized carbons (Fsp3) is 0.333. The highest BCUT2D eigenvalue weighted by Gasteiger charge is 2.27. The highest BCUT2D eigenvalue weighted by Crippen LogP contribution is 2.40. The lowest BCUT2D eigenvalue weighted by molar-refractivity contribution is 0.837. The third-order valence-corrected chi connectivity index (χ3v) is 2.83. The fourth-order valence-electron chi connectivity index (χ4n) is 1.90. The van der Waals surface area contributed by atoms with Crippen molar-refractivity contribution in [2.75, 3.05) is 5.32 Å². The second-order valence-electron chi connectivity index (χ2n) is 4.08. The Bertz CT molecular complexity index is 405. The van der Waals surface area contributed by atoms with E-state index in [1.165, 1.54) is 5.56 Å². The number of hydrogen-bond acceptors (Lipinski definition) is 1. The van der Waals surface area contributed by atoms with Crippen molar-refractivity contribution in [2.24, 2.45) is 0 Å². The molecule has 0 radical (unpaired) electrons. The zero-order valence-corrected chi connectivity index (χ0v) is 9.44. The van der Waals surface area contributed by atoms with Crippen molar-refractivity contribution in [1.82, 2.24) is 0 Å². The number of alkyl halides is 1. The molecular formula is C12H14ClN. The van der Waals surface area contributed by atoms with E-state index in [9.17, 15) is 0 Å². The minimum Gasteiger partial charge on any atom is -0.359 e. The Kier molecular flexibility index (Phi) is 2.07. The maximum atomic E-state index is 6.45. The lowest BCUT2D eigenvalue weighted by Crippen LogP contribution is -2.20. The van der Waals surface area contributed by atoms with Gasteiger partial charge in [-0.2, -0.15) is 0 Å². The van der Waals surface area contributed by atoms with Gasteiger partial charge in [0, 0.05) is 16.9 Å². The second-order valence-corrected chi connectivity index (χ2v) is 4.86. The van der Waals surface area contributed by atoms with Crippen LogP contribution in [-0.2, 0) is 4.87 Å². The monoisotopic (exact) mass is 207 g/mol. The molecule has 1 aliphatic heterocycles. The van der Waals surface area contributed by atoms with E-state index >= 15 is 0 Å². The topological polar surface area (TPSA) is 12.0 Å². The molecule has 1 N–H and O–H groups in total. The van der Waals surface area contributed by atoms with Gasteiger partial charge in [0.2, 0.25) is 0 Å². The molecule has 0 bridgehead atoms. The summed E-state index contributed by atoms with van der Waals surface area (Å²) in [6.45, 7) is 6.14. The van der Waals surface area contributed by atoms with Crippen LogP contribution in [0.1, 0.15) is 25.0 Å². The first kappa shape index (κ1) is 9.60. The van der Waals surface area contributed by atoms with Crippen molar-refractivity contribution in [1.29, 1.82) is 0 Å². The number of allylic oxidation sites excluding steroid dienone is 2. The van der Waals surface area contributed by atoms with Crippen LogP contribution in [0.15, 0.2) is 30.0 Å². The molecular weight excluding hydrogens is 194 g/mol. The zero-order chi connectivity index (χ0) is 10.3. The minimum absolute atomic E-state index is 0.378. The van der Waals surface area contributed by atoms with Crippen molar-refractivity contribution in [3.63, 3.8) is 0 Å². The molecule has 1 heterocycles. The number of rotatable bonds is 0. The van der Waals surface area contributed by atoms with E-state index in [2.05, 4.69) is 36.5 Å². The van der Waals surface area contributed by atoms with Gasteiger partial charge in [0.15, 0.2) is 0 Å². The smallest absolute Gasteiger partial charge is 0.0886 e. The standard InChI is InChI=1S/C12H14ClN/c1-8-4-5-11-10(6-8)12(3,13)7-9(2)14-11/h4-7,14H,1-3H3. The first-order chi connectivity index (χ1) is 6.49. The molecule has 0 saturated carbocycles. The Morgan fingerprint density at radius 2 is 2.00 bits per heavy atom. The van der Waals surface area contributed by atoms with E-state index in [0.717, 1.165) is 16.9 Å². The SMILES string of the molecule is CC1=CC(C)(Cl)c2cc(C)ccc2N1. The van der Waals surface area contributed by atoms with Crippen LogP contribution in [0.4, 0.5) is 5.69 Å². The molecule has 0 amide bonds. The first-order valence-corrected chi connectivity index (χ1v) is 5.13. The molecule has 1 aromatic carbocycles. The largest absolute Gasteiger partial charge is 0.359 e. The summed E-state index contributed by atoms with van der Waals surface area (Å²) in [6.07, 6.45) is 2.05. The van der Waals surface area contributed by atoms with Crippen molar-refractivity contribution in [2.45, 2.75) is 25.6 Å². The third kappa shape index (κ3) is 1.53. The highest BCUT2D eigenvalue weighted by atomic mass is 35.5. The maximum Gasteiger partial charge on any atom is 0.0886 e. The number of fused-ring (bicyclic) bond motifs is 1. The number of benzene rings is 1. The minimum atomic E-state index is -0.378. The summed E-state index contributed by atoms with van der Waals surface area (Å²) in [5.74, 6) is 0. The summed E-state index contributed by atoms with van der Waals surface area (Å²) in [5.41, 5.74) is 4.63. The van der Waals surface area contributed by atoms with E-state index in [1.54, 1.807) is 0 Å². The lowest BCUT2D eigenvalue weighted by atomic mass is 9.93. The van der Waals surface area contributed by atoms with Crippen LogP contribution in [0.5, 0.6) is 0 Å². The Balaban J connectivity index is 2.60. The van der Waals surface area contributed by atoms with Crippen LogP contribution in [0.25, 0.3) is 0 Å². The predicted octanol–water partition coefficient (Wildman–Crippen LogP) is 3.78. The average Bonchev–Trinajstić information content (AvgIpc) is 2.05. The van der Waals surface area contributed by atoms with Gasteiger partial charge in [0.25, 0.3) is 0 Å². The molecule has 0 spiro atoms. The Morgan fingerprint density at radius 3 is 2.71 bits per heavy atom. The molecule has 1 unspecified atom stereocenters. The van der Waals surface area contributed by atoms with Gasteiger partial charge < -0.3 is 5.32 Å². The van der Waals surface area contributed by atoms with E-state index in [1.807, 2.05) is 13.8 Å². The molecule has 1 atom stereocenters. The summed E-state index contributed by atoms with van der Waals surface area (Å²) in [7, 11) is 0. The number of anilines is 1. The van der Waals surface area contributed by atoms with Crippen molar-refractivity contribution in [3.8, 4) is 0 Å². The summed E-state index contributed by atoms with van der Waals surface area (Å²) >= 11 is 6.45. The summed E-state index contributed by atoms with van der Waals surface area (Å²) in [4.78, 5) is -0.378. The van der Waals surface area contributed by atoms with E-state index in [4.69, 9.17) is 11.6 Å². The van der Waals surface area contributed by atoms with Gasteiger partial charge in [-0.05, 0) is 32.9 Å². The molecule has 0 fully saturated rings. The Morgan fingerprint density at radius 1 is 1.29 bits per heavy atom. The molecule has 1 aliphatic rings. The van der Waals surface area contributed by atoms with Gasteiger partial charge in [-0.25, -0.2) is 0 Å². The van der Waals surface area contributed by atoms with Gasteiger partial charge in [-0.15, -0.1) is 11.6 Å². The number of hydrogen-bond donors (Lipinski definition) is 1. The maximum absolute atomic E-state index is 6.45. The van der Waals surface area contributed by atoms with Crippen LogP contribution in [0, 0.1) is 6.92 Å². The number of nitrogens with one attached hydrogen (secondary N) is 1. The van der Waals surface area contributed by atoms with E-state index in [-0.39, 0.29) is 4.87 Å². The normalized spacial score (nSPS) is 25.0. The summed E-state index contributed by atoms with van der Waals surface area (Å²) < 4.78 is 0. The van der Waals surface area contributed by atoms with Crippen molar-refractivity contribution < 1.29 is 0 Å². The highest BCUT2D eigenvalue weighted by molar-refractivity contribution is 6.25. The number of halogens is 1. The summed E-state index contributed by atoms with van der Waals surface area (Å²) in [5, 5.41) is 3.32. The average molecular weight is 208 g/mol.